The zero-order valence-corrected chi connectivity index (χ0v) is 17.2. The Hall–Kier alpha value is -2.15. The van der Waals surface area contributed by atoms with E-state index in [4.69, 9.17) is 4.42 Å². The van der Waals surface area contributed by atoms with Crippen molar-refractivity contribution in [3.63, 3.8) is 0 Å². The lowest BCUT2D eigenvalue weighted by Crippen LogP contribution is -2.49. The van der Waals surface area contributed by atoms with Gasteiger partial charge in [0.25, 0.3) is 0 Å². The van der Waals surface area contributed by atoms with E-state index in [1.165, 1.54) is 0 Å². The molecule has 0 spiro atoms. The summed E-state index contributed by atoms with van der Waals surface area (Å²) in [5.41, 5.74) is 0.317. The lowest BCUT2D eigenvalue weighted by atomic mass is 9.93. The van der Waals surface area contributed by atoms with Crippen LogP contribution in [0.25, 0.3) is 10.8 Å². The molecule has 2 aromatic heterocycles. The highest BCUT2D eigenvalue weighted by molar-refractivity contribution is 7.13. The minimum atomic E-state index is -0.360. The molecular weight excluding hydrogens is 362 g/mol. The predicted molar refractivity (Wildman–Crippen MR) is 105 cm³/mol. The van der Waals surface area contributed by atoms with Crippen molar-refractivity contribution in [2.45, 2.75) is 53.0 Å². The Morgan fingerprint density at radius 1 is 1.33 bits per heavy atom. The van der Waals surface area contributed by atoms with E-state index in [1.54, 1.807) is 11.3 Å². The maximum Gasteiger partial charge on any atom is 0.236 e. The standard InChI is InChI=1S/C20H27N3O3S/c1-13-15(22-18(26-13)16-6-5-11-27-16)12-17(24)21-14-7-9-23(10-8-14)19(25)20(2,3)4/h5-6,11,14H,7-10,12H2,1-4H3,(H,21,24). The molecule has 0 aliphatic carbocycles. The molecule has 0 bridgehead atoms. The van der Waals surface area contributed by atoms with Gasteiger partial charge in [-0.25, -0.2) is 4.98 Å². The SMILES string of the molecule is Cc1oc(-c2cccs2)nc1CC(=O)NC1CCN(C(=O)C(C)(C)C)CC1. The number of amides is 2. The van der Waals surface area contributed by atoms with Gasteiger partial charge in [-0.1, -0.05) is 26.8 Å². The Bertz CT molecular complexity index is 797. The zero-order chi connectivity index (χ0) is 19.6. The van der Waals surface area contributed by atoms with Crippen LogP contribution >= 0.6 is 11.3 Å². The van der Waals surface area contributed by atoms with Crippen LogP contribution in [0.1, 0.15) is 45.1 Å². The van der Waals surface area contributed by atoms with Crippen molar-refractivity contribution in [2.24, 2.45) is 5.41 Å². The fourth-order valence-corrected chi connectivity index (χ4v) is 3.88. The fourth-order valence-electron chi connectivity index (χ4n) is 3.23. The number of rotatable bonds is 4. The second-order valence-corrected chi connectivity index (χ2v) is 9.01. The average Bonchev–Trinajstić information content (AvgIpc) is 3.24. The van der Waals surface area contributed by atoms with E-state index in [0.717, 1.165) is 17.7 Å². The summed E-state index contributed by atoms with van der Waals surface area (Å²) in [7, 11) is 0. The molecule has 2 amide bonds. The van der Waals surface area contributed by atoms with Crippen LogP contribution in [-0.4, -0.2) is 40.8 Å². The number of hydrogen-bond donors (Lipinski definition) is 1. The lowest BCUT2D eigenvalue weighted by molar-refractivity contribution is -0.140. The van der Waals surface area contributed by atoms with Crippen molar-refractivity contribution in [2.75, 3.05) is 13.1 Å². The number of nitrogens with zero attached hydrogens (tertiary/aromatic N) is 2. The zero-order valence-electron chi connectivity index (χ0n) is 16.4. The molecule has 0 saturated carbocycles. The van der Waals surface area contributed by atoms with Crippen LogP contribution in [0.4, 0.5) is 0 Å². The molecule has 1 saturated heterocycles. The van der Waals surface area contributed by atoms with Crippen LogP contribution in [0, 0.1) is 12.3 Å². The highest BCUT2D eigenvalue weighted by Gasteiger charge is 2.30. The smallest absolute Gasteiger partial charge is 0.236 e. The number of nitrogens with one attached hydrogen (secondary N) is 1. The Kier molecular flexibility index (Phi) is 5.69. The quantitative estimate of drug-likeness (QED) is 0.869. The summed E-state index contributed by atoms with van der Waals surface area (Å²) < 4.78 is 5.70. The first kappa shape index (κ1) is 19.6. The van der Waals surface area contributed by atoms with Gasteiger partial charge in [0, 0.05) is 24.5 Å². The summed E-state index contributed by atoms with van der Waals surface area (Å²) in [6, 6.07) is 4.00. The molecule has 0 radical (unpaired) electrons. The second kappa shape index (κ2) is 7.84. The van der Waals surface area contributed by atoms with Gasteiger partial charge in [-0.05, 0) is 31.2 Å². The van der Waals surface area contributed by atoms with Crippen molar-refractivity contribution >= 4 is 23.2 Å². The van der Waals surface area contributed by atoms with Gasteiger partial charge in [-0.15, -0.1) is 11.3 Å². The van der Waals surface area contributed by atoms with Gasteiger partial charge < -0.3 is 14.6 Å². The van der Waals surface area contributed by atoms with Crippen molar-refractivity contribution in [3.05, 3.63) is 29.0 Å². The number of carbonyl (C=O) groups is 2. The molecule has 1 N–H and O–H groups in total. The number of hydrogen-bond acceptors (Lipinski definition) is 5. The molecule has 0 atom stereocenters. The third-order valence-corrected chi connectivity index (χ3v) is 5.60. The number of oxazole rings is 1. The van der Waals surface area contributed by atoms with E-state index in [9.17, 15) is 9.59 Å². The first-order valence-electron chi connectivity index (χ1n) is 9.33. The third kappa shape index (κ3) is 4.77. The summed E-state index contributed by atoms with van der Waals surface area (Å²) in [6.45, 7) is 9.03. The molecule has 1 aliphatic heterocycles. The van der Waals surface area contributed by atoms with E-state index in [1.807, 2.05) is 50.1 Å². The maximum atomic E-state index is 12.4. The molecular formula is C20H27N3O3S. The molecule has 0 aromatic carbocycles. The lowest BCUT2D eigenvalue weighted by Gasteiger charge is -2.36. The van der Waals surface area contributed by atoms with Gasteiger partial charge in [0.1, 0.15) is 5.76 Å². The van der Waals surface area contributed by atoms with Crippen molar-refractivity contribution in [3.8, 4) is 10.8 Å². The first-order valence-corrected chi connectivity index (χ1v) is 10.2. The van der Waals surface area contributed by atoms with Gasteiger partial charge in [0.05, 0.1) is 17.0 Å². The summed E-state index contributed by atoms with van der Waals surface area (Å²) in [6.07, 6.45) is 1.78. The van der Waals surface area contributed by atoms with Gasteiger partial charge in [-0.3, -0.25) is 9.59 Å². The Morgan fingerprint density at radius 2 is 2.04 bits per heavy atom. The minimum Gasteiger partial charge on any atom is -0.440 e. The number of carbonyl (C=O) groups excluding carboxylic acids is 2. The summed E-state index contributed by atoms with van der Waals surface area (Å²) in [5.74, 6) is 1.37. The summed E-state index contributed by atoms with van der Waals surface area (Å²) in [5, 5.41) is 5.05. The molecule has 6 nitrogen and oxygen atoms in total. The molecule has 1 fully saturated rings. The van der Waals surface area contributed by atoms with Crippen LogP contribution in [0.5, 0.6) is 0 Å². The summed E-state index contributed by atoms with van der Waals surface area (Å²) in [4.78, 5) is 32.1. The molecule has 146 valence electrons. The van der Waals surface area contributed by atoms with Gasteiger partial charge >= 0.3 is 0 Å². The van der Waals surface area contributed by atoms with Gasteiger partial charge in [0.2, 0.25) is 17.7 Å². The van der Waals surface area contributed by atoms with Crippen LogP contribution in [-0.2, 0) is 16.0 Å². The Labute approximate surface area is 164 Å². The summed E-state index contributed by atoms with van der Waals surface area (Å²) >= 11 is 1.56. The van der Waals surface area contributed by atoms with Gasteiger partial charge in [-0.2, -0.15) is 0 Å². The molecule has 7 heteroatoms. The topological polar surface area (TPSA) is 75.4 Å². The second-order valence-electron chi connectivity index (χ2n) is 8.06. The average molecular weight is 390 g/mol. The van der Waals surface area contributed by atoms with E-state index < -0.39 is 0 Å². The molecule has 3 heterocycles. The predicted octanol–water partition coefficient (Wildman–Crippen LogP) is 3.41. The number of thiophene rings is 1. The first-order chi connectivity index (χ1) is 12.7. The molecule has 1 aliphatic rings. The number of piperidine rings is 1. The van der Waals surface area contributed by atoms with Crippen LogP contribution in [0.3, 0.4) is 0 Å². The fraction of sp³-hybridized carbons (Fsp3) is 0.550. The Morgan fingerprint density at radius 3 is 2.63 bits per heavy atom. The Balaban J connectivity index is 1.52. The monoisotopic (exact) mass is 389 g/mol. The van der Waals surface area contributed by atoms with E-state index in [0.29, 0.717) is 30.4 Å². The van der Waals surface area contributed by atoms with Gasteiger partial charge in [0.15, 0.2) is 0 Å². The molecule has 27 heavy (non-hydrogen) atoms. The third-order valence-electron chi connectivity index (χ3n) is 4.74. The van der Waals surface area contributed by atoms with Crippen LogP contribution < -0.4 is 5.32 Å². The highest BCUT2D eigenvalue weighted by Crippen LogP contribution is 2.26. The van der Waals surface area contributed by atoms with Crippen molar-refractivity contribution in [1.82, 2.24) is 15.2 Å². The van der Waals surface area contributed by atoms with Crippen LogP contribution in [0.15, 0.2) is 21.9 Å². The van der Waals surface area contributed by atoms with E-state index in [-0.39, 0.29) is 29.7 Å². The molecule has 2 aromatic rings. The molecule has 3 rings (SSSR count). The largest absolute Gasteiger partial charge is 0.440 e. The van der Waals surface area contributed by atoms with Crippen molar-refractivity contribution in [1.29, 1.82) is 0 Å². The highest BCUT2D eigenvalue weighted by atomic mass is 32.1. The normalized spacial score (nSPS) is 15.8. The van der Waals surface area contributed by atoms with E-state index >= 15 is 0 Å². The molecule has 0 unspecified atom stereocenters. The van der Waals surface area contributed by atoms with Crippen molar-refractivity contribution < 1.29 is 14.0 Å². The maximum absolute atomic E-state index is 12.4. The van der Waals surface area contributed by atoms with Crippen LogP contribution in [0.2, 0.25) is 0 Å². The minimum absolute atomic E-state index is 0.0512. The number of likely N-dealkylation sites (tertiary alicyclic amines) is 1. The number of aryl methyl sites for hydroxylation is 1. The van der Waals surface area contributed by atoms with E-state index in [2.05, 4.69) is 10.3 Å². The number of aromatic nitrogens is 1.